The highest BCUT2D eigenvalue weighted by Gasteiger charge is 2.19. The second-order valence-electron chi connectivity index (χ2n) is 4.90. The van der Waals surface area contributed by atoms with E-state index in [1.54, 1.807) is 23.9 Å². The fraction of sp³-hybridized carbons (Fsp3) is 0.538. The van der Waals surface area contributed by atoms with Gasteiger partial charge in [-0.1, -0.05) is 0 Å². The maximum atomic E-state index is 10.8. The van der Waals surface area contributed by atoms with E-state index in [0.717, 1.165) is 42.4 Å². The highest BCUT2D eigenvalue weighted by Crippen LogP contribution is 2.37. The van der Waals surface area contributed by atoms with E-state index in [0.29, 0.717) is 0 Å². The SMILES string of the molecule is CN(C)CCCN1CCSc2cc([N+](=O)[O-])ccc21. The molecule has 0 bridgehead atoms. The molecule has 5 nitrogen and oxygen atoms in total. The predicted molar refractivity (Wildman–Crippen MR) is 79.2 cm³/mol. The number of nitro groups is 1. The zero-order chi connectivity index (χ0) is 13.8. The van der Waals surface area contributed by atoms with E-state index < -0.39 is 0 Å². The molecule has 1 heterocycles. The molecule has 0 fully saturated rings. The summed E-state index contributed by atoms with van der Waals surface area (Å²) < 4.78 is 0. The maximum Gasteiger partial charge on any atom is 0.270 e. The minimum Gasteiger partial charge on any atom is -0.370 e. The molecule has 104 valence electrons. The molecule has 0 aliphatic carbocycles. The topological polar surface area (TPSA) is 49.6 Å². The van der Waals surface area contributed by atoms with Crippen LogP contribution in [0, 0.1) is 10.1 Å². The van der Waals surface area contributed by atoms with E-state index >= 15 is 0 Å². The maximum absolute atomic E-state index is 10.8. The van der Waals surface area contributed by atoms with Gasteiger partial charge in [0, 0.05) is 35.9 Å². The van der Waals surface area contributed by atoms with Gasteiger partial charge in [-0.25, -0.2) is 0 Å². The lowest BCUT2D eigenvalue weighted by molar-refractivity contribution is -0.385. The predicted octanol–water partition coefficient (Wildman–Crippen LogP) is 2.46. The van der Waals surface area contributed by atoms with E-state index in [2.05, 4.69) is 23.9 Å². The Bertz CT molecular complexity index is 465. The number of benzene rings is 1. The Kier molecular flexibility index (Phi) is 4.66. The van der Waals surface area contributed by atoms with Crippen molar-refractivity contribution in [3.63, 3.8) is 0 Å². The Morgan fingerprint density at radius 2 is 2.26 bits per heavy atom. The molecule has 0 unspecified atom stereocenters. The smallest absolute Gasteiger partial charge is 0.270 e. The minimum absolute atomic E-state index is 0.182. The molecule has 0 aromatic heterocycles. The van der Waals surface area contributed by atoms with Gasteiger partial charge in [-0.05, 0) is 33.1 Å². The molecule has 0 radical (unpaired) electrons. The van der Waals surface area contributed by atoms with Crippen LogP contribution < -0.4 is 4.90 Å². The van der Waals surface area contributed by atoms with Crippen molar-refractivity contribution in [2.75, 3.05) is 44.4 Å². The van der Waals surface area contributed by atoms with Crippen LogP contribution in [-0.2, 0) is 0 Å². The van der Waals surface area contributed by atoms with Gasteiger partial charge in [0.2, 0.25) is 0 Å². The summed E-state index contributed by atoms with van der Waals surface area (Å²) in [6, 6.07) is 5.18. The molecule has 19 heavy (non-hydrogen) atoms. The van der Waals surface area contributed by atoms with Gasteiger partial charge in [0.25, 0.3) is 5.69 Å². The lowest BCUT2D eigenvalue weighted by atomic mass is 10.2. The van der Waals surface area contributed by atoms with E-state index in [1.165, 1.54) is 0 Å². The van der Waals surface area contributed by atoms with Gasteiger partial charge in [-0.2, -0.15) is 0 Å². The summed E-state index contributed by atoms with van der Waals surface area (Å²) in [5, 5.41) is 10.8. The number of thioether (sulfide) groups is 1. The van der Waals surface area contributed by atoms with Gasteiger partial charge < -0.3 is 9.80 Å². The van der Waals surface area contributed by atoms with Gasteiger partial charge in [0.05, 0.1) is 10.6 Å². The Hall–Kier alpha value is -1.27. The molecule has 0 saturated carbocycles. The molecule has 1 aromatic carbocycles. The van der Waals surface area contributed by atoms with E-state index in [-0.39, 0.29) is 10.6 Å². The number of rotatable bonds is 5. The summed E-state index contributed by atoms with van der Waals surface area (Å²) in [6.07, 6.45) is 1.11. The summed E-state index contributed by atoms with van der Waals surface area (Å²) in [4.78, 5) is 16.0. The molecule has 1 aliphatic heterocycles. The summed E-state index contributed by atoms with van der Waals surface area (Å²) in [5.41, 5.74) is 1.32. The van der Waals surface area contributed by atoms with Gasteiger partial charge >= 0.3 is 0 Å². The molecule has 0 spiro atoms. The van der Waals surface area contributed by atoms with Crippen LogP contribution in [0.1, 0.15) is 6.42 Å². The number of hydrogen-bond acceptors (Lipinski definition) is 5. The molecule has 1 aromatic rings. The van der Waals surface area contributed by atoms with Crippen LogP contribution >= 0.6 is 11.8 Å². The third kappa shape index (κ3) is 3.61. The summed E-state index contributed by atoms with van der Waals surface area (Å²) in [6.45, 7) is 3.08. The molecule has 6 heteroatoms. The molecule has 2 rings (SSSR count). The first-order chi connectivity index (χ1) is 9.08. The van der Waals surface area contributed by atoms with E-state index in [4.69, 9.17) is 0 Å². The monoisotopic (exact) mass is 281 g/mol. The van der Waals surface area contributed by atoms with Crippen molar-refractivity contribution in [3.05, 3.63) is 28.3 Å². The Balaban J connectivity index is 2.09. The first-order valence-corrected chi connectivity index (χ1v) is 7.37. The Morgan fingerprint density at radius 3 is 2.95 bits per heavy atom. The van der Waals surface area contributed by atoms with Crippen molar-refractivity contribution in [1.29, 1.82) is 0 Å². The van der Waals surface area contributed by atoms with Crippen molar-refractivity contribution in [2.24, 2.45) is 0 Å². The highest BCUT2D eigenvalue weighted by molar-refractivity contribution is 7.99. The zero-order valence-corrected chi connectivity index (χ0v) is 12.2. The van der Waals surface area contributed by atoms with Crippen LogP contribution in [0.3, 0.4) is 0 Å². The van der Waals surface area contributed by atoms with Crippen molar-refractivity contribution >= 4 is 23.1 Å². The molecular formula is C13H19N3O2S. The van der Waals surface area contributed by atoms with Crippen LogP contribution in [0.25, 0.3) is 0 Å². The molecule has 1 aliphatic rings. The average molecular weight is 281 g/mol. The van der Waals surface area contributed by atoms with Crippen LogP contribution in [0.5, 0.6) is 0 Å². The van der Waals surface area contributed by atoms with Crippen LogP contribution in [0.15, 0.2) is 23.1 Å². The Morgan fingerprint density at radius 1 is 1.47 bits per heavy atom. The fourth-order valence-corrected chi connectivity index (χ4v) is 3.27. The van der Waals surface area contributed by atoms with E-state index in [9.17, 15) is 10.1 Å². The molecule has 0 saturated heterocycles. The normalized spacial score (nSPS) is 14.6. The summed E-state index contributed by atoms with van der Waals surface area (Å²) >= 11 is 1.71. The lowest BCUT2D eigenvalue weighted by Gasteiger charge is -2.31. The number of fused-ring (bicyclic) bond motifs is 1. The second-order valence-corrected chi connectivity index (χ2v) is 6.04. The van der Waals surface area contributed by atoms with Gasteiger partial charge in [0.15, 0.2) is 0 Å². The molecule has 0 atom stereocenters. The number of nitro benzene ring substituents is 1. The van der Waals surface area contributed by atoms with Gasteiger partial charge in [-0.3, -0.25) is 10.1 Å². The number of hydrogen-bond donors (Lipinski definition) is 0. The highest BCUT2D eigenvalue weighted by atomic mass is 32.2. The fourth-order valence-electron chi connectivity index (χ4n) is 2.19. The van der Waals surface area contributed by atoms with Crippen molar-refractivity contribution in [2.45, 2.75) is 11.3 Å². The number of non-ortho nitro benzene ring substituents is 1. The molecular weight excluding hydrogens is 262 g/mol. The van der Waals surface area contributed by atoms with Crippen molar-refractivity contribution < 1.29 is 4.92 Å². The standard InChI is InChI=1S/C13H19N3O2S/c1-14(2)6-3-7-15-8-9-19-13-10-11(16(17)18)4-5-12(13)15/h4-5,10H,3,6-9H2,1-2H3. The zero-order valence-electron chi connectivity index (χ0n) is 11.3. The van der Waals surface area contributed by atoms with Crippen LogP contribution in [0.4, 0.5) is 11.4 Å². The van der Waals surface area contributed by atoms with Gasteiger partial charge in [0.1, 0.15) is 0 Å². The summed E-state index contributed by atoms with van der Waals surface area (Å²) in [7, 11) is 4.15. The Labute approximate surface area is 117 Å². The first kappa shape index (κ1) is 14.1. The molecule has 0 amide bonds. The van der Waals surface area contributed by atoms with Crippen molar-refractivity contribution in [3.8, 4) is 0 Å². The van der Waals surface area contributed by atoms with Crippen LogP contribution in [-0.4, -0.2) is 49.3 Å². The quantitative estimate of drug-likeness (QED) is 0.613. The minimum atomic E-state index is -0.328. The van der Waals surface area contributed by atoms with Crippen LogP contribution in [0.2, 0.25) is 0 Å². The van der Waals surface area contributed by atoms with E-state index in [1.807, 2.05) is 6.07 Å². The third-order valence-electron chi connectivity index (χ3n) is 3.15. The second kappa shape index (κ2) is 6.25. The average Bonchev–Trinajstić information content (AvgIpc) is 2.37. The number of nitrogens with zero attached hydrogens (tertiary/aromatic N) is 3. The summed E-state index contributed by atoms with van der Waals surface area (Å²) in [5.74, 6) is 0.996. The van der Waals surface area contributed by atoms with Crippen molar-refractivity contribution in [1.82, 2.24) is 4.90 Å². The third-order valence-corrected chi connectivity index (χ3v) is 4.17. The lowest BCUT2D eigenvalue weighted by Crippen LogP contribution is -2.31. The largest absolute Gasteiger partial charge is 0.370 e. The first-order valence-electron chi connectivity index (χ1n) is 6.39. The van der Waals surface area contributed by atoms with Gasteiger partial charge in [-0.15, -0.1) is 11.8 Å². The molecule has 0 N–H and O–H groups in total. The number of anilines is 1.